The van der Waals surface area contributed by atoms with Crippen molar-refractivity contribution in [1.29, 1.82) is 0 Å². The number of aryl methyl sites for hydroxylation is 1. The van der Waals surface area contributed by atoms with E-state index in [-0.39, 0.29) is 11.2 Å². The van der Waals surface area contributed by atoms with Crippen LogP contribution in [0.1, 0.15) is 26.1 Å². The third kappa shape index (κ3) is 4.63. The Morgan fingerprint density at radius 3 is 2.91 bits per heavy atom. The lowest BCUT2D eigenvalue weighted by molar-refractivity contribution is -0.115. The Bertz CT molecular complexity index is 662. The summed E-state index contributed by atoms with van der Waals surface area (Å²) < 4.78 is 0. The van der Waals surface area contributed by atoms with Gasteiger partial charge in [0.05, 0.1) is 16.0 Å². The Morgan fingerprint density at radius 1 is 1.45 bits per heavy atom. The van der Waals surface area contributed by atoms with Crippen molar-refractivity contribution in [3.63, 3.8) is 0 Å². The van der Waals surface area contributed by atoms with Crippen molar-refractivity contribution in [2.75, 3.05) is 5.32 Å². The Morgan fingerprint density at radius 2 is 2.23 bits per heavy atom. The zero-order chi connectivity index (χ0) is 16.1. The summed E-state index contributed by atoms with van der Waals surface area (Å²) in [7, 11) is 0. The zero-order valence-electron chi connectivity index (χ0n) is 12.2. The lowest BCUT2D eigenvalue weighted by Crippen LogP contribution is -2.22. The van der Waals surface area contributed by atoms with Crippen LogP contribution < -0.4 is 5.32 Å². The van der Waals surface area contributed by atoms with Crippen LogP contribution in [-0.4, -0.2) is 26.3 Å². The van der Waals surface area contributed by atoms with Crippen molar-refractivity contribution in [2.45, 2.75) is 37.1 Å². The van der Waals surface area contributed by atoms with E-state index < -0.39 is 0 Å². The minimum Gasteiger partial charge on any atom is -0.324 e. The fourth-order valence-electron chi connectivity index (χ4n) is 1.72. The molecule has 0 fully saturated rings. The topological polar surface area (TPSA) is 70.7 Å². The number of nitrogens with one attached hydrogen (secondary N) is 2. The van der Waals surface area contributed by atoms with Crippen LogP contribution in [0.15, 0.2) is 23.4 Å². The Labute approximate surface area is 143 Å². The standard InChI is InChI=1S/C14H16Cl2N4OS/c1-3-4-12-18-14(20-19-12)22-8(2)13(21)17-11-6-5-9(15)7-10(11)16/h5-8H,3-4H2,1-2H3,(H,17,21)(H,18,19,20). The van der Waals surface area contributed by atoms with E-state index in [4.69, 9.17) is 23.2 Å². The monoisotopic (exact) mass is 358 g/mol. The number of thioether (sulfide) groups is 1. The molecule has 118 valence electrons. The Kier molecular flexibility index (Phi) is 6.11. The highest BCUT2D eigenvalue weighted by atomic mass is 35.5. The van der Waals surface area contributed by atoms with Crippen molar-refractivity contribution in [1.82, 2.24) is 15.2 Å². The first-order chi connectivity index (χ1) is 10.5. The number of halogens is 2. The smallest absolute Gasteiger partial charge is 0.237 e. The molecule has 0 bridgehead atoms. The van der Waals surface area contributed by atoms with Gasteiger partial charge in [0.1, 0.15) is 5.82 Å². The first-order valence-corrected chi connectivity index (χ1v) is 8.47. The maximum Gasteiger partial charge on any atom is 0.237 e. The summed E-state index contributed by atoms with van der Waals surface area (Å²) in [5.74, 6) is 0.661. The van der Waals surface area contributed by atoms with Gasteiger partial charge in [-0.2, -0.15) is 0 Å². The van der Waals surface area contributed by atoms with Gasteiger partial charge in [0.2, 0.25) is 11.1 Å². The van der Waals surface area contributed by atoms with Gasteiger partial charge in [0.15, 0.2) is 0 Å². The van der Waals surface area contributed by atoms with Crippen LogP contribution in [0.3, 0.4) is 0 Å². The molecule has 0 aliphatic carbocycles. The highest BCUT2D eigenvalue weighted by Gasteiger charge is 2.18. The average Bonchev–Trinajstić information content (AvgIpc) is 2.89. The number of aromatic amines is 1. The largest absolute Gasteiger partial charge is 0.324 e. The second-order valence-electron chi connectivity index (χ2n) is 4.69. The van der Waals surface area contributed by atoms with E-state index in [1.807, 2.05) is 0 Å². The summed E-state index contributed by atoms with van der Waals surface area (Å²) in [6, 6.07) is 4.93. The summed E-state index contributed by atoms with van der Waals surface area (Å²) in [6.45, 7) is 3.86. The lowest BCUT2D eigenvalue weighted by atomic mass is 10.3. The molecule has 0 saturated carbocycles. The quantitative estimate of drug-likeness (QED) is 0.759. The van der Waals surface area contributed by atoms with Gasteiger partial charge in [0.25, 0.3) is 0 Å². The van der Waals surface area contributed by atoms with Crippen molar-refractivity contribution < 1.29 is 4.79 Å². The van der Waals surface area contributed by atoms with E-state index in [1.165, 1.54) is 11.8 Å². The molecule has 8 heteroatoms. The van der Waals surface area contributed by atoms with Crippen LogP contribution in [0.2, 0.25) is 10.0 Å². The number of carbonyl (C=O) groups excluding carboxylic acids is 1. The van der Waals surface area contributed by atoms with Gasteiger partial charge in [-0.1, -0.05) is 41.9 Å². The molecular formula is C14H16Cl2N4OS. The van der Waals surface area contributed by atoms with Crippen molar-refractivity contribution >= 4 is 46.6 Å². The first kappa shape index (κ1) is 17.1. The van der Waals surface area contributed by atoms with Crippen LogP contribution in [0, 0.1) is 0 Å². The fourth-order valence-corrected chi connectivity index (χ4v) is 2.92. The molecule has 1 atom stereocenters. The number of aromatic nitrogens is 3. The van der Waals surface area contributed by atoms with Crippen LogP contribution >= 0.6 is 35.0 Å². The number of carbonyl (C=O) groups is 1. The maximum absolute atomic E-state index is 12.2. The van der Waals surface area contributed by atoms with Gasteiger partial charge in [0, 0.05) is 11.4 Å². The van der Waals surface area contributed by atoms with E-state index in [2.05, 4.69) is 27.4 Å². The molecule has 0 spiro atoms. The Balaban J connectivity index is 1.96. The van der Waals surface area contributed by atoms with Gasteiger partial charge in [-0.15, -0.1) is 5.10 Å². The molecule has 1 unspecified atom stereocenters. The number of amides is 1. The zero-order valence-corrected chi connectivity index (χ0v) is 14.5. The lowest BCUT2D eigenvalue weighted by Gasteiger charge is -2.11. The number of H-pyrrole nitrogens is 1. The highest BCUT2D eigenvalue weighted by Crippen LogP contribution is 2.27. The molecule has 2 rings (SSSR count). The summed E-state index contributed by atoms with van der Waals surface area (Å²) in [5.41, 5.74) is 0.533. The molecule has 5 nitrogen and oxygen atoms in total. The highest BCUT2D eigenvalue weighted by molar-refractivity contribution is 8.00. The molecule has 1 aromatic carbocycles. The SMILES string of the molecule is CCCc1nc(SC(C)C(=O)Nc2ccc(Cl)cc2Cl)n[nH]1. The third-order valence-corrected chi connectivity index (χ3v) is 4.35. The minimum atomic E-state index is -0.350. The summed E-state index contributed by atoms with van der Waals surface area (Å²) >= 11 is 13.2. The number of hydrogen-bond donors (Lipinski definition) is 2. The summed E-state index contributed by atoms with van der Waals surface area (Å²) in [4.78, 5) is 16.5. The average molecular weight is 359 g/mol. The van der Waals surface area contributed by atoms with Crippen LogP contribution in [0.4, 0.5) is 5.69 Å². The van der Waals surface area contributed by atoms with E-state index in [9.17, 15) is 4.79 Å². The second kappa shape index (κ2) is 7.85. The summed E-state index contributed by atoms with van der Waals surface area (Å²) in [5, 5.41) is 10.9. The normalized spacial score (nSPS) is 12.2. The van der Waals surface area contributed by atoms with Crippen LogP contribution in [-0.2, 0) is 11.2 Å². The van der Waals surface area contributed by atoms with Crippen molar-refractivity contribution in [2.24, 2.45) is 0 Å². The summed E-state index contributed by atoms with van der Waals surface area (Å²) in [6.07, 6.45) is 1.83. The maximum atomic E-state index is 12.2. The number of nitrogens with zero attached hydrogens (tertiary/aromatic N) is 2. The van der Waals surface area contributed by atoms with E-state index in [0.717, 1.165) is 18.7 Å². The number of anilines is 1. The predicted molar refractivity (Wildman–Crippen MR) is 90.8 cm³/mol. The molecule has 0 radical (unpaired) electrons. The molecular weight excluding hydrogens is 343 g/mol. The van der Waals surface area contributed by atoms with Gasteiger partial charge in [-0.05, 0) is 31.5 Å². The van der Waals surface area contributed by atoms with Gasteiger partial charge >= 0.3 is 0 Å². The van der Waals surface area contributed by atoms with Crippen LogP contribution in [0.25, 0.3) is 0 Å². The van der Waals surface area contributed by atoms with Crippen molar-refractivity contribution in [3.8, 4) is 0 Å². The molecule has 1 heterocycles. The molecule has 22 heavy (non-hydrogen) atoms. The van der Waals surface area contributed by atoms with Crippen LogP contribution in [0.5, 0.6) is 0 Å². The van der Waals surface area contributed by atoms with Gasteiger partial charge < -0.3 is 5.32 Å². The fraction of sp³-hybridized carbons (Fsp3) is 0.357. The molecule has 0 saturated heterocycles. The Hall–Kier alpha value is -1.24. The minimum absolute atomic E-state index is 0.170. The number of benzene rings is 1. The molecule has 0 aliphatic heterocycles. The molecule has 0 aliphatic rings. The van der Waals surface area contributed by atoms with Gasteiger partial charge in [-0.25, -0.2) is 4.98 Å². The molecule has 1 amide bonds. The van der Waals surface area contributed by atoms with E-state index >= 15 is 0 Å². The third-order valence-electron chi connectivity index (χ3n) is 2.84. The number of hydrogen-bond acceptors (Lipinski definition) is 4. The van der Waals surface area contributed by atoms with E-state index in [0.29, 0.717) is 20.9 Å². The second-order valence-corrected chi connectivity index (χ2v) is 6.84. The van der Waals surface area contributed by atoms with Crippen molar-refractivity contribution in [3.05, 3.63) is 34.1 Å². The molecule has 1 aromatic heterocycles. The van der Waals surface area contributed by atoms with E-state index in [1.54, 1.807) is 25.1 Å². The number of rotatable bonds is 6. The first-order valence-electron chi connectivity index (χ1n) is 6.83. The van der Waals surface area contributed by atoms with Gasteiger partial charge in [-0.3, -0.25) is 9.89 Å². The molecule has 2 N–H and O–H groups in total. The molecule has 2 aromatic rings. The predicted octanol–water partition coefficient (Wildman–Crippen LogP) is 4.18.